The fourth-order valence-electron chi connectivity index (χ4n) is 2.42. The summed E-state index contributed by atoms with van der Waals surface area (Å²) in [5.74, 6) is -0.496. The molecule has 17 heavy (non-hydrogen) atoms. The van der Waals surface area contributed by atoms with Gasteiger partial charge in [0.05, 0.1) is 13.2 Å². The number of methoxy groups -OCH3 is 1. The molecular weight excluding hydrogens is 220 g/mol. The van der Waals surface area contributed by atoms with Crippen molar-refractivity contribution in [3.63, 3.8) is 0 Å². The minimum absolute atomic E-state index is 0.103. The first-order valence-corrected chi connectivity index (χ1v) is 6.18. The average molecular weight is 242 g/mol. The topological polar surface area (TPSA) is 72.6 Å². The van der Waals surface area contributed by atoms with Gasteiger partial charge in [0, 0.05) is 6.04 Å². The van der Waals surface area contributed by atoms with Crippen molar-refractivity contribution in [1.29, 1.82) is 0 Å². The van der Waals surface area contributed by atoms with Gasteiger partial charge in [-0.15, -0.1) is 0 Å². The van der Waals surface area contributed by atoms with Crippen LogP contribution in [0.2, 0.25) is 0 Å². The fourth-order valence-corrected chi connectivity index (χ4v) is 2.42. The lowest BCUT2D eigenvalue weighted by molar-refractivity contribution is -0.158. The van der Waals surface area contributed by atoms with Gasteiger partial charge in [-0.2, -0.15) is 0 Å². The molecule has 1 aliphatic rings. The highest BCUT2D eigenvalue weighted by Gasteiger charge is 2.38. The molecule has 1 rings (SSSR count). The number of carbonyl (C=O) groups excluding carboxylic acids is 2. The molecule has 0 unspecified atom stereocenters. The van der Waals surface area contributed by atoms with Crippen LogP contribution in [0.4, 0.5) is 0 Å². The van der Waals surface area contributed by atoms with Crippen LogP contribution in [0.3, 0.4) is 0 Å². The molecule has 2 N–H and O–H groups in total. The molecule has 1 heterocycles. The summed E-state index contributed by atoms with van der Waals surface area (Å²) in [6.45, 7) is 3.67. The Kier molecular flexibility index (Phi) is 4.93. The van der Waals surface area contributed by atoms with Gasteiger partial charge < -0.3 is 15.4 Å². The third kappa shape index (κ3) is 2.97. The second kappa shape index (κ2) is 6.00. The van der Waals surface area contributed by atoms with Crippen molar-refractivity contribution in [3.8, 4) is 0 Å². The normalized spacial score (nSPS) is 26.5. The summed E-state index contributed by atoms with van der Waals surface area (Å²) in [5, 5.41) is 0. The summed E-state index contributed by atoms with van der Waals surface area (Å²) >= 11 is 0. The van der Waals surface area contributed by atoms with Crippen molar-refractivity contribution in [2.24, 2.45) is 5.73 Å². The van der Waals surface area contributed by atoms with Crippen LogP contribution in [0.25, 0.3) is 0 Å². The Morgan fingerprint density at radius 1 is 1.47 bits per heavy atom. The highest BCUT2D eigenvalue weighted by atomic mass is 16.5. The Morgan fingerprint density at radius 3 is 2.59 bits per heavy atom. The summed E-state index contributed by atoms with van der Waals surface area (Å²) < 4.78 is 4.77. The SMILES string of the molecule is CC[C@H]1CCC[C@@H](C(=O)OC)N1C(=O)[C@H](C)N. The van der Waals surface area contributed by atoms with Crippen molar-refractivity contribution in [2.75, 3.05) is 7.11 Å². The van der Waals surface area contributed by atoms with Crippen molar-refractivity contribution in [2.45, 2.75) is 57.7 Å². The molecule has 5 nitrogen and oxygen atoms in total. The van der Waals surface area contributed by atoms with Crippen molar-refractivity contribution in [3.05, 3.63) is 0 Å². The van der Waals surface area contributed by atoms with Gasteiger partial charge in [0.15, 0.2) is 0 Å². The minimum Gasteiger partial charge on any atom is -0.467 e. The number of hydrogen-bond acceptors (Lipinski definition) is 4. The number of rotatable bonds is 3. The van der Waals surface area contributed by atoms with E-state index in [0.29, 0.717) is 6.42 Å². The van der Waals surface area contributed by atoms with Gasteiger partial charge in [0.25, 0.3) is 0 Å². The number of carbonyl (C=O) groups is 2. The zero-order valence-corrected chi connectivity index (χ0v) is 10.8. The largest absolute Gasteiger partial charge is 0.467 e. The van der Waals surface area contributed by atoms with E-state index in [0.717, 1.165) is 19.3 Å². The predicted molar refractivity (Wildman–Crippen MR) is 64.2 cm³/mol. The molecule has 5 heteroatoms. The summed E-state index contributed by atoms with van der Waals surface area (Å²) in [5.41, 5.74) is 5.64. The molecule has 1 amide bonds. The van der Waals surface area contributed by atoms with Crippen LogP contribution < -0.4 is 5.73 Å². The Labute approximate surface area is 102 Å². The second-order valence-corrected chi connectivity index (χ2v) is 4.57. The maximum Gasteiger partial charge on any atom is 0.328 e. The Morgan fingerprint density at radius 2 is 2.12 bits per heavy atom. The van der Waals surface area contributed by atoms with Gasteiger partial charge in [0.2, 0.25) is 5.91 Å². The van der Waals surface area contributed by atoms with Crippen LogP contribution in [-0.4, -0.2) is 42.0 Å². The first-order valence-electron chi connectivity index (χ1n) is 6.18. The lowest BCUT2D eigenvalue weighted by Gasteiger charge is -2.41. The summed E-state index contributed by atoms with van der Waals surface area (Å²) in [6, 6.07) is -0.933. The number of nitrogens with two attached hydrogens (primary N) is 1. The number of piperidine rings is 1. The Hall–Kier alpha value is -1.10. The highest BCUT2D eigenvalue weighted by molar-refractivity contribution is 5.87. The van der Waals surface area contributed by atoms with Crippen LogP contribution in [0, 0.1) is 0 Å². The van der Waals surface area contributed by atoms with E-state index in [1.54, 1.807) is 11.8 Å². The van der Waals surface area contributed by atoms with Gasteiger partial charge in [-0.1, -0.05) is 6.92 Å². The molecule has 0 spiro atoms. The van der Waals surface area contributed by atoms with Gasteiger partial charge in [-0.05, 0) is 32.6 Å². The van der Waals surface area contributed by atoms with E-state index >= 15 is 0 Å². The van der Waals surface area contributed by atoms with Crippen molar-refractivity contribution in [1.82, 2.24) is 4.90 Å². The van der Waals surface area contributed by atoms with Gasteiger partial charge in [-0.25, -0.2) is 4.79 Å². The lowest BCUT2D eigenvalue weighted by atomic mass is 9.93. The van der Waals surface area contributed by atoms with E-state index in [1.165, 1.54) is 7.11 Å². The fraction of sp³-hybridized carbons (Fsp3) is 0.833. The van der Waals surface area contributed by atoms with Crippen LogP contribution >= 0.6 is 0 Å². The number of nitrogens with zero attached hydrogens (tertiary/aromatic N) is 1. The molecule has 0 aromatic heterocycles. The predicted octanol–water partition coefficient (Wildman–Crippen LogP) is 0.666. The molecule has 0 saturated carbocycles. The van der Waals surface area contributed by atoms with Crippen molar-refractivity contribution < 1.29 is 14.3 Å². The first-order chi connectivity index (χ1) is 8.02. The highest BCUT2D eigenvalue weighted by Crippen LogP contribution is 2.26. The number of esters is 1. The first kappa shape index (κ1) is 14.0. The standard InChI is InChI=1S/C12H22N2O3/c1-4-9-6-5-7-10(12(16)17-3)14(9)11(15)8(2)13/h8-10H,4-7,13H2,1-3H3/t8-,9-,10-/m0/s1. The number of amides is 1. The summed E-state index contributed by atoms with van der Waals surface area (Å²) in [4.78, 5) is 25.4. The molecule has 3 atom stereocenters. The molecule has 1 aliphatic heterocycles. The molecule has 98 valence electrons. The molecule has 0 radical (unpaired) electrons. The van der Waals surface area contributed by atoms with Crippen LogP contribution in [-0.2, 0) is 14.3 Å². The molecule has 0 aliphatic carbocycles. The van der Waals surface area contributed by atoms with Crippen LogP contribution in [0.1, 0.15) is 39.5 Å². The monoisotopic (exact) mass is 242 g/mol. The lowest BCUT2D eigenvalue weighted by Crippen LogP contribution is -2.57. The van der Waals surface area contributed by atoms with E-state index in [2.05, 4.69) is 0 Å². The zero-order chi connectivity index (χ0) is 13.0. The van der Waals surface area contributed by atoms with Crippen LogP contribution in [0.15, 0.2) is 0 Å². The van der Waals surface area contributed by atoms with Crippen LogP contribution in [0.5, 0.6) is 0 Å². The quantitative estimate of drug-likeness (QED) is 0.738. The second-order valence-electron chi connectivity index (χ2n) is 4.57. The number of hydrogen-bond donors (Lipinski definition) is 1. The van der Waals surface area contributed by atoms with Crippen molar-refractivity contribution >= 4 is 11.9 Å². The van der Waals surface area contributed by atoms with Gasteiger partial charge >= 0.3 is 5.97 Å². The molecule has 1 fully saturated rings. The molecule has 0 aromatic carbocycles. The zero-order valence-electron chi connectivity index (χ0n) is 10.8. The van der Waals surface area contributed by atoms with E-state index in [9.17, 15) is 9.59 Å². The summed E-state index contributed by atoms with van der Waals surface area (Å²) in [6.07, 6.45) is 3.39. The Balaban J connectivity index is 2.93. The molecule has 0 aromatic rings. The minimum atomic E-state index is -0.575. The number of likely N-dealkylation sites (tertiary alicyclic amines) is 1. The molecular formula is C12H22N2O3. The van der Waals surface area contributed by atoms with E-state index in [-0.39, 0.29) is 17.9 Å². The van der Waals surface area contributed by atoms with E-state index in [4.69, 9.17) is 10.5 Å². The molecule has 0 bridgehead atoms. The average Bonchev–Trinajstić information content (AvgIpc) is 2.35. The van der Waals surface area contributed by atoms with Gasteiger partial charge in [-0.3, -0.25) is 4.79 Å². The smallest absolute Gasteiger partial charge is 0.328 e. The third-order valence-corrected chi connectivity index (χ3v) is 3.33. The van der Waals surface area contributed by atoms with E-state index in [1.807, 2.05) is 6.92 Å². The maximum atomic E-state index is 12.1. The number of ether oxygens (including phenoxy) is 1. The third-order valence-electron chi connectivity index (χ3n) is 3.33. The Bertz CT molecular complexity index is 291. The molecule has 1 saturated heterocycles. The maximum absolute atomic E-state index is 12.1. The summed E-state index contributed by atoms with van der Waals surface area (Å²) in [7, 11) is 1.35. The van der Waals surface area contributed by atoms with Gasteiger partial charge in [0.1, 0.15) is 6.04 Å². The van der Waals surface area contributed by atoms with E-state index < -0.39 is 12.1 Å².